The summed E-state index contributed by atoms with van der Waals surface area (Å²) in [6.45, 7) is 5.38. The summed E-state index contributed by atoms with van der Waals surface area (Å²) in [7, 11) is 0. The lowest BCUT2D eigenvalue weighted by Crippen LogP contribution is -2.48. The number of fused-ring (bicyclic) bond motifs is 2. The van der Waals surface area contributed by atoms with Crippen molar-refractivity contribution in [3.05, 3.63) is 30.1 Å². The molecule has 0 spiro atoms. The van der Waals surface area contributed by atoms with E-state index in [1.54, 1.807) is 0 Å². The molecule has 3 saturated heterocycles. The fourth-order valence-corrected chi connectivity index (χ4v) is 3.89. The van der Waals surface area contributed by atoms with Crippen molar-refractivity contribution in [1.29, 1.82) is 0 Å². The number of pyridine rings is 1. The fraction of sp³-hybridized carbons (Fsp3) is 0.619. The number of ether oxygens (including phenoxy) is 2. The van der Waals surface area contributed by atoms with E-state index in [9.17, 15) is 31.1 Å². The van der Waals surface area contributed by atoms with E-state index in [2.05, 4.69) is 9.88 Å². The third-order valence-electron chi connectivity index (χ3n) is 5.51. The molecular formula is C21H25F6N3O7. The normalized spacial score (nSPS) is 23.7. The molecule has 37 heavy (non-hydrogen) atoms. The standard InChI is InChI=1S/C17H23N3O3.2C2HF3O2/c21-17(20-5-7-22-8-6-20)15-9-14-11-19(12-16(15)23-14)10-13-1-3-18-4-2-13;2*3-2(4,5)1(6)7/h1-4,14-16H,5-12H2;2*(H,6,7). The zero-order valence-electron chi connectivity index (χ0n) is 19.2. The summed E-state index contributed by atoms with van der Waals surface area (Å²) >= 11 is 0. The highest BCUT2D eigenvalue weighted by Gasteiger charge is 2.46. The third-order valence-corrected chi connectivity index (χ3v) is 5.51. The molecule has 2 N–H and O–H groups in total. The van der Waals surface area contributed by atoms with Gasteiger partial charge in [-0.2, -0.15) is 26.3 Å². The lowest BCUT2D eigenvalue weighted by atomic mass is 9.98. The Balaban J connectivity index is 0.000000286. The number of hydrogen-bond donors (Lipinski definition) is 2. The van der Waals surface area contributed by atoms with Crippen molar-refractivity contribution in [2.75, 3.05) is 39.4 Å². The summed E-state index contributed by atoms with van der Waals surface area (Å²) < 4.78 is 74.9. The molecule has 3 atom stereocenters. The van der Waals surface area contributed by atoms with E-state index >= 15 is 0 Å². The van der Waals surface area contributed by atoms with Crippen LogP contribution in [0.1, 0.15) is 12.0 Å². The van der Waals surface area contributed by atoms with Crippen LogP contribution in [0.3, 0.4) is 0 Å². The number of halogens is 6. The number of alkyl halides is 6. The number of likely N-dealkylation sites (tertiary alicyclic amines) is 1. The lowest BCUT2D eigenvalue weighted by Gasteiger charge is -2.34. The van der Waals surface area contributed by atoms with Crippen molar-refractivity contribution in [1.82, 2.24) is 14.8 Å². The van der Waals surface area contributed by atoms with Crippen LogP contribution in [0.2, 0.25) is 0 Å². The van der Waals surface area contributed by atoms with E-state index in [4.69, 9.17) is 29.3 Å². The number of nitrogens with zero attached hydrogens (tertiary/aromatic N) is 3. The molecule has 1 amide bonds. The van der Waals surface area contributed by atoms with Crippen LogP contribution in [0.5, 0.6) is 0 Å². The van der Waals surface area contributed by atoms with Gasteiger partial charge in [-0.15, -0.1) is 0 Å². The third kappa shape index (κ3) is 9.77. The number of rotatable bonds is 3. The number of carbonyl (C=O) groups excluding carboxylic acids is 1. The van der Waals surface area contributed by atoms with Crippen LogP contribution in [-0.2, 0) is 30.4 Å². The Bertz CT molecular complexity index is 886. The van der Waals surface area contributed by atoms with Gasteiger partial charge >= 0.3 is 24.3 Å². The van der Waals surface area contributed by atoms with Crippen molar-refractivity contribution in [3.63, 3.8) is 0 Å². The topological polar surface area (TPSA) is 130 Å². The van der Waals surface area contributed by atoms with Gasteiger partial charge in [0.25, 0.3) is 0 Å². The highest BCUT2D eigenvalue weighted by atomic mass is 19.4. The number of morpholine rings is 2. The van der Waals surface area contributed by atoms with Gasteiger partial charge in [0.15, 0.2) is 0 Å². The number of aromatic nitrogens is 1. The SMILES string of the molecule is O=C(C1CC2CN(Cc3ccncc3)CC1O2)N1CCOCC1.O=C(O)C(F)(F)F.O=C(O)C(F)(F)F. The average Bonchev–Trinajstić information content (AvgIpc) is 3.13. The molecule has 3 unspecified atom stereocenters. The maximum Gasteiger partial charge on any atom is 0.490 e. The lowest BCUT2D eigenvalue weighted by molar-refractivity contribution is -0.193. The summed E-state index contributed by atoms with van der Waals surface area (Å²) in [6, 6.07) is 4.10. The fourth-order valence-electron chi connectivity index (χ4n) is 3.89. The Morgan fingerprint density at radius 2 is 1.46 bits per heavy atom. The van der Waals surface area contributed by atoms with Gasteiger partial charge in [0.2, 0.25) is 5.91 Å². The first-order valence-corrected chi connectivity index (χ1v) is 10.9. The number of carbonyl (C=O) groups is 3. The van der Waals surface area contributed by atoms with Gasteiger partial charge in [0.05, 0.1) is 31.3 Å². The second-order valence-electron chi connectivity index (χ2n) is 8.23. The highest BCUT2D eigenvalue weighted by molar-refractivity contribution is 5.80. The molecule has 1 aromatic rings. The molecule has 3 aliphatic rings. The molecule has 0 aliphatic carbocycles. The number of hydrogen-bond acceptors (Lipinski definition) is 7. The molecule has 3 fully saturated rings. The van der Waals surface area contributed by atoms with Crippen LogP contribution in [0.25, 0.3) is 0 Å². The van der Waals surface area contributed by atoms with Crippen LogP contribution < -0.4 is 0 Å². The van der Waals surface area contributed by atoms with Crippen LogP contribution in [0.4, 0.5) is 26.3 Å². The number of carboxylic acids is 2. The molecule has 4 rings (SSSR count). The molecule has 0 saturated carbocycles. The molecule has 208 valence electrons. The van der Waals surface area contributed by atoms with Crippen molar-refractivity contribution < 1.29 is 60.4 Å². The van der Waals surface area contributed by atoms with Crippen LogP contribution in [-0.4, -0.2) is 107 Å². The molecule has 0 radical (unpaired) electrons. The molecule has 3 aliphatic heterocycles. The second kappa shape index (κ2) is 13.0. The number of aliphatic carboxylic acids is 2. The minimum atomic E-state index is -5.08. The largest absolute Gasteiger partial charge is 0.490 e. The summed E-state index contributed by atoms with van der Waals surface area (Å²) in [6.07, 6.45) is -5.44. The first kappa shape index (κ1) is 30.2. The Morgan fingerprint density at radius 3 is 1.95 bits per heavy atom. The summed E-state index contributed by atoms with van der Waals surface area (Å²) in [5.41, 5.74) is 1.26. The molecule has 0 aromatic carbocycles. The van der Waals surface area contributed by atoms with Gasteiger partial charge in [-0.1, -0.05) is 0 Å². The van der Waals surface area contributed by atoms with Gasteiger partial charge in [-0.3, -0.25) is 14.7 Å². The maximum absolute atomic E-state index is 12.8. The van der Waals surface area contributed by atoms with E-state index in [0.29, 0.717) is 26.3 Å². The second-order valence-corrected chi connectivity index (χ2v) is 8.23. The van der Waals surface area contributed by atoms with Crippen LogP contribution in [0, 0.1) is 5.92 Å². The predicted molar refractivity (Wildman–Crippen MR) is 111 cm³/mol. The molecule has 1 aromatic heterocycles. The van der Waals surface area contributed by atoms with Crippen molar-refractivity contribution >= 4 is 17.8 Å². The average molecular weight is 545 g/mol. The first-order valence-electron chi connectivity index (χ1n) is 10.9. The molecule has 10 nitrogen and oxygen atoms in total. The van der Waals surface area contributed by atoms with Gasteiger partial charge in [-0.25, -0.2) is 9.59 Å². The smallest absolute Gasteiger partial charge is 0.475 e. The molecule has 4 heterocycles. The summed E-state index contributed by atoms with van der Waals surface area (Å²) in [4.78, 5) is 39.0. The summed E-state index contributed by atoms with van der Waals surface area (Å²) in [5, 5.41) is 14.2. The summed E-state index contributed by atoms with van der Waals surface area (Å²) in [5.74, 6) is -5.24. The van der Waals surface area contributed by atoms with E-state index < -0.39 is 24.3 Å². The van der Waals surface area contributed by atoms with Gasteiger partial charge in [-0.05, 0) is 24.1 Å². The quantitative estimate of drug-likeness (QED) is 0.547. The Labute approximate surface area is 206 Å². The Kier molecular flexibility index (Phi) is 10.6. The molecule has 2 bridgehead atoms. The van der Waals surface area contributed by atoms with E-state index in [-0.39, 0.29) is 24.0 Å². The van der Waals surface area contributed by atoms with E-state index in [1.165, 1.54) is 5.56 Å². The minimum absolute atomic E-state index is 0.0144. The molecule has 16 heteroatoms. The maximum atomic E-state index is 12.8. The Morgan fingerprint density at radius 1 is 0.946 bits per heavy atom. The van der Waals surface area contributed by atoms with E-state index in [1.807, 2.05) is 29.4 Å². The van der Waals surface area contributed by atoms with Crippen molar-refractivity contribution in [2.24, 2.45) is 5.92 Å². The van der Waals surface area contributed by atoms with Crippen molar-refractivity contribution in [3.8, 4) is 0 Å². The van der Waals surface area contributed by atoms with E-state index in [0.717, 1.165) is 26.1 Å². The van der Waals surface area contributed by atoms with Crippen molar-refractivity contribution in [2.45, 2.75) is 37.5 Å². The number of amides is 1. The first-order chi connectivity index (χ1) is 17.2. The number of carboxylic acid groups (broad SMARTS) is 2. The zero-order chi connectivity index (χ0) is 27.8. The van der Waals surface area contributed by atoms with Gasteiger partial charge in [0.1, 0.15) is 0 Å². The highest BCUT2D eigenvalue weighted by Crippen LogP contribution is 2.34. The zero-order valence-corrected chi connectivity index (χ0v) is 19.2. The minimum Gasteiger partial charge on any atom is -0.475 e. The predicted octanol–water partition coefficient (Wildman–Crippen LogP) is 1.80. The van der Waals surface area contributed by atoms with Gasteiger partial charge in [0, 0.05) is 45.1 Å². The molecular weight excluding hydrogens is 520 g/mol. The van der Waals surface area contributed by atoms with Crippen LogP contribution >= 0.6 is 0 Å². The van der Waals surface area contributed by atoms with Gasteiger partial charge < -0.3 is 24.6 Å². The monoisotopic (exact) mass is 545 g/mol. The Hall–Kier alpha value is -2.98. The van der Waals surface area contributed by atoms with Crippen LogP contribution in [0.15, 0.2) is 24.5 Å².